The van der Waals surface area contributed by atoms with Gasteiger partial charge in [-0.25, -0.2) is 13.6 Å². The second kappa shape index (κ2) is 5.29. The van der Waals surface area contributed by atoms with Gasteiger partial charge < -0.3 is 19.8 Å². The molecule has 8 heteroatoms. The van der Waals surface area contributed by atoms with Gasteiger partial charge in [0.1, 0.15) is 11.0 Å². The van der Waals surface area contributed by atoms with E-state index in [0.29, 0.717) is 0 Å². The van der Waals surface area contributed by atoms with Crippen LogP contribution in [0.5, 0.6) is 0 Å². The van der Waals surface area contributed by atoms with E-state index < -0.39 is 47.4 Å². The van der Waals surface area contributed by atoms with E-state index in [0.717, 1.165) is 0 Å². The molecule has 0 aromatic carbocycles. The van der Waals surface area contributed by atoms with Crippen LogP contribution in [0.25, 0.3) is 0 Å². The van der Waals surface area contributed by atoms with Crippen molar-refractivity contribution in [3.8, 4) is 0 Å². The predicted molar refractivity (Wildman–Crippen MR) is 76.2 cm³/mol. The number of likely N-dealkylation sites (tertiary alicyclic amines) is 1. The highest BCUT2D eigenvalue weighted by atomic mass is 19.3. The number of carbonyl (C=O) groups excluding carboxylic acids is 1. The van der Waals surface area contributed by atoms with Crippen LogP contribution < -0.4 is 0 Å². The summed E-state index contributed by atoms with van der Waals surface area (Å²) in [7, 11) is 0. The number of rotatable bonds is 2. The highest BCUT2D eigenvalue weighted by molar-refractivity contribution is 5.82. The molecule has 6 nitrogen and oxygen atoms in total. The molecule has 2 fully saturated rings. The minimum Gasteiger partial charge on any atom is -0.481 e. The number of hydrogen-bond donors (Lipinski definition) is 2. The maximum absolute atomic E-state index is 13.3. The average Bonchev–Trinajstić information content (AvgIpc) is 2.29. The summed E-state index contributed by atoms with van der Waals surface area (Å²) in [5, 5.41) is 20.2. The highest BCUT2D eigenvalue weighted by Gasteiger charge is 2.65. The van der Waals surface area contributed by atoms with Gasteiger partial charge in [0.2, 0.25) is 5.92 Å². The van der Waals surface area contributed by atoms with E-state index in [-0.39, 0.29) is 25.9 Å². The van der Waals surface area contributed by atoms with Gasteiger partial charge in [-0.2, -0.15) is 0 Å². The zero-order chi connectivity index (χ0) is 17.7. The van der Waals surface area contributed by atoms with E-state index in [2.05, 4.69) is 0 Å². The third-order valence-corrected chi connectivity index (χ3v) is 4.68. The Morgan fingerprint density at radius 1 is 1.09 bits per heavy atom. The molecular weight excluding hydrogens is 312 g/mol. The van der Waals surface area contributed by atoms with E-state index in [4.69, 9.17) is 4.74 Å². The number of carboxylic acid groups (broad SMARTS) is 1. The van der Waals surface area contributed by atoms with Crippen molar-refractivity contribution < 1.29 is 33.3 Å². The number of amides is 1. The van der Waals surface area contributed by atoms with Gasteiger partial charge in [-0.15, -0.1) is 0 Å². The quantitative estimate of drug-likeness (QED) is 0.808. The normalized spacial score (nSPS) is 25.4. The van der Waals surface area contributed by atoms with E-state index in [1.807, 2.05) is 0 Å². The lowest BCUT2D eigenvalue weighted by Gasteiger charge is -2.56. The molecule has 0 radical (unpaired) electrons. The Hall–Kier alpha value is -1.44. The molecule has 1 amide bonds. The first-order chi connectivity index (χ1) is 10.3. The summed E-state index contributed by atoms with van der Waals surface area (Å²) in [6, 6.07) is 0. The Balaban J connectivity index is 2.10. The van der Waals surface area contributed by atoms with Gasteiger partial charge in [0.25, 0.3) is 0 Å². The molecular formula is C15H23F2NO5. The highest BCUT2D eigenvalue weighted by Crippen LogP contribution is 2.51. The van der Waals surface area contributed by atoms with E-state index >= 15 is 0 Å². The monoisotopic (exact) mass is 335 g/mol. The predicted octanol–water partition coefficient (Wildman–Crippen LogP) is 2.25. The van der Waals surface area contributed by atoms with Crippen molar-refractivity contribution in [3.05, 3.63) is 0 Å². The third-order valence-electron chi connectivity index (χ3n) is 4.68. The molecule has 1 saturated heterocycles. The minimum absolute atomic E-state index is 0.237. The van der Waals surface area contributed by atoms with Gasteiger partial charge in [-0.05, 0) is 33.6 Å². The van der Waals surface area contributed by atoms with Gasteiger partial charge in [-0.3, -0.25) is 4.79 Å². The fraction of sp³-hybridized carbons (Fsp3) is 0.867. The Bertz CT molecular complexity index is 498. The van der Waals surface area contributed by atoms with Crippen molar-refractivity contribution in [2.75, 3.05) is 13.1 Å². The zero-order valence-corrected chi connectivity index (χ0v) is 13.6. The van der Waals surface area contributed by atoms with Crippen molar-refractivity contribution in [2.24, 2.45) is 5.41 Å². The number of alkyl halides is 2. The zero-order valence-electron chi connectivity index (χ0n) is 13.6. The molecule has 1 aliphatic heterocycles. The van der Waals surface area contributed by atoms with E-state index in [9.17, 15) is 28.6 Å². The molecule has 0 unspecified atom stereocenters. The maximum Gasteiger partial charge on any atom is 0.410 e. The molecule has 23 heavy (non-hydrogen) atoms. The lowest BCUT2D eigenvalue weighted by molar-refractivity contribution is -0.215. The fourth-order valence-electron chi connectivity index (χ4n) is 3.20. The van der Waals surface area contributed by atoms with Crippen molar-refractivity contribution >= 4 is 12.1 Å². The summed E-state index contributed by atoms with van der Waals surface area (Å²) in [5.41, 5.74) is -4.07. The molecule has 2 N–H and O–H groups in total. The molecule has 2 aliphatic rings. The molecule has 1 heterocycles. The van der Waals surface area contributed by atoms with Crippen LogP contribution in [-0.2, 0) is 9.53 Å². The molecule has 1 aliphatic carbocycles. The second-order valence-corrected chi connectivity index (χ2v) is 7.61. The van der Waals surface area contributed by atoms with Crippen LogP contribution in [0, 0.1) is 5.41 Å². The van der Waals surface area contributed by atoms with Gasteiger partial charge >= 0.3 is 12.1 Å². The smallest absolute Gasteiger partial charge is 0.410 e. The molecule has 2 rings (SSSR count). The number of hydrogen-bond acceptors (Lipinski definition) is 4. The summed E-state index contributed by atoms with van der Waals surface area (Å²) < 4.78 is 31.8. The number of halogens is 2. The number of ether oxygens (including phenoxy) is 1. The van der Waals surface area contributed by atoms with Gasteiger partial charge in [0.05, 0.1) is 5.60 Å². The summed E-state index contributed by atoms with van der Waals surface area (Å²) in [4.78, 5) is 24.8. The molecule has 0 spiro atoms. The lowest BCUT2D eigenvalue weighted by atomic mass is 9.60. The number of aliphatic carboxylic acids is 1. The van der Waals surface area contributed by atoms with Crippen LogP contribution in [0.1, 0.15) is 46.5 Å². The second-order valence-electron chi connectivity index (χ2n) is 7.61. The van der Waals surface area contributed by atoms with Crippen molar-refractivity contribution in [3.63, 3.8) is 0 Å². The standard InChI is InChI=1S/C15H23F2NO5/c1-12(2,3)23-11(21)18-8-13(9-18,10(19)20)14(22)4-6-15(16,17)7-5-14/h22H,4-9H2,1-3H3,(H,19,20). The van der Waals surface area contributed by atoms with Crippen LogP contribution in [0.4, 0.5) is 13.6 Å². The summed E-state index contributed by atoms with van der Waals surface area (Å²) >= 11 is 0. The Morgan fingerprint density at radius 2 is 1.57 bits per heavy atom. The molecule has 0 bridgehead atoms. The Morgan fingerprint density at radius 3 is 1.96 bits per heavy atom. The van der Waals surface area contributed by atoms with E-state index in [1.54, 1.807) is 20.8 Å². The van der Waals surface area contributed by atoms with Crippen molar-refractivity contribution in [1.29, 1.82) is 0 Å². The van der Waals surface area contributed by atoms with Crippen LogP contribution >= 0.6 is 0 Å². The fourth-order valence-corrected chi connectivity index (χ4v) is 3.20. The van der Waals surface area contributed by atoms with Crippen molar-refractivity contribution in [2.45, 2.75) is 63.6 Å². The number of nitrogens with zero attached hydrogens (tertiary/aromatic N) is 1. The average molecular weight is 335 g/mol. The van der Waals surface area contributed by atoms with Gasteiger partial charge in [-0.1, -0.05) is 0 Å². The first-order valence-corrected chi connectivity index (χ1v) is 7.62. The summed E-state index contributed by atoms with van der Waals surface area (Å²) in [6.45, 7) is 4.59. The SMILES string of the molecule is CC(C)(C)OC(=O)N1CC(C(=O)O)(C2(O)CCC(F)(F)CC2)C1. The minimum atomic E-state index is -2.87. The first kappa shape index (κ1) is 17.9. The number of aliphatic hydroxyl groups is 1. The molecule has 0 atom stereocenters. The largest absolute Gasteiger partial charge is 0.481 e. The van der Waals surface area contributed by atoms with Crippen molar-refractivity contribution in [1.82, 2.24) is 4.90 Å². The van der Waals surface area contributed by atoms with E-state index in [1.165, 1.54) is 4.90 Å². The molecule has 0 aromatic rings. The lowest BCUT2D eigenvalue weighted by Crippen LogP contribution is -2.73. The molecule has 132 valence electrons. The van der Waals surface area contributed by atoms with Crippen LogP contribution in [-0.4, -0.2) is 57.4 Å². The van der Waals surface area contributed by atoms with Gasteiger partial charge in [0, 0.05) is 25.9 Å². The Kier molecular flexibility index (Phi) is 4.12. The summed E-state index contributed by atoms with van der Waals surface area (Å²) in [6.07, 6.45) is -2.36. The van der Waals surface area contributed by atoms with Crippen LogP contribution in [0.3, 0.4) is 0 Å². The Labute approximate surface area is 133 Å². The maximum atomic E-state index is 13.3. The molecule has 0 aromatic heterocycles. The van der Waals surface area contributed by atoms with Crippen LogP contribution in [0.2, 0.25) is 0 Å². The number of carboxylic acids is 1. The first-order valence-electron chi connectivity index (χ1n) is 7.62. The molecule has 1 saturated carbocycles. The summed E-state index contributed by atoms with van der Waals surface area (Å²) in [5.74, 6) is -4.15. The topological polar surface area (TPSA) is 87.1 Å². The third kappa shape index (κ3) is 3.27. The number of carbonyl (C=O) groups is 2. The van der Waals surface area contributed by atoms with Gasteiger partial charge in [0.15, 0.2) is 0 Å². The van der Waals surface area contributed by atoms with Crippen LogP contribution in [0.15, 0.2) is 0 Å².